The van der Waals surface area contributed by atoms with E-state index in [-0.39, 0.29) is 5.91 Å². The number of aromatic nitrogens is 2. The van der Waals surface area contributed by atoms with Crippen molar-refractivity contribution in [2.45, 2.75) is 52.5 Å². The fourth-order valence-electron chi connectivity index (χ4n) is 5.47. The van der Waals surface area contributed by atoms with E-state index in [4.69, 9.17) is 16.6 Å². The second-order valence-electron chi connectivity index (χ2n) is 10.3. The van der Waals surface area contributed by atoms with Crippen molar-refractivity contribution in [2.24, 2.45) is 0 Å². The smallest absolute Gasteiger partial charge is 0.221 e. The van der Waals surface area contributed by atoms with Crippen molar-refractivity contribution in [2.75, 3.05) is 25.0 Å². The molecule has 4 aromatic rings. The highest BCUT2D eigenvalue weighted by Gasteiger charge is 2.21. The van der Waals surface area contributed by atoms with Gasteiger partial charge in [-0.2, -0.15) is 0 Å². The topological polar surface area (TPSA) is 50.2 Å². The molecule has 5 rings (SSSR count). The number of nitrogens with zero attached hydrogens (tertiary/aromatic N) is 3. The highest BCUT2D eigenvalue weighted by Crippen LogP contribution is 2.31. The first-order valence-corrected chi connectivity index (χ1v) is 13.6. The average Bonchev–Trinajstić information content (AvgIpc) is 3.21. The fourth-order valence-corrected chi connectivity index (χ4v) is 5.66. The van der Waals surface area contributed by atoms with E-state index in [1.54, 1.807) is 6.92 Å². The van der Waals surface area contributed by atoms with Crippen LogP contribution in [0.4, 0.5) is 5.69 Å². The first-order chi connectivity index (χ1) is 17.9. The standard InChI is InChI=1S/C31H35ClN4O/c1-21-17-29-30(18-22(21)2)36(31(34-29)26-8-4-9-27(32)19-26)14-6-13-35-15-11-24(12-16-35)25-7-5-10-28(20-25)33-23(3)37/h4-5,7-10,17-20,24H,6,11-16H2,1-3H3,(H,33,37). The number of fused-ring (bicyclic) bond motifs is 1. The quantitative estimate of drug-likeness (QED) is 0.283. The third-order valence-corrected chi connectivity index (χ3v) is 7.80. The summed E-state index contributed by atoms with van der Waals surface area (Å²) >= 11 is 6.33. The van der Waals surface area contributed by atoms with Gasteiger partial charge in [-0.15, -0.1) is 0 Å². The van der Waals surface area contributed by atoms with Crippen LogP contribution < -0.4 is 5.32 Å². The number of anilines is 1. The lowest BCUT2D eigenvalue weighted by Crippen LogP contribution is -2.34. The van der Waals surface area contributed by atoms with Crippen LogP contribution in [0.15, 0.2) is 60.7 Å². The van der Waals surface area contributed by atoms with Gasteiger partial charge in [-0.05, 0) is 112 Å². The minimum absolute atomic E-state index is 0.0264. The first kappa shape index (κ1) is 25.5. The molecule has 0 bridgehead atoms. The Hall–Kier alpha value is -3.15. The van der Waals surface area contributed by atoms with Gasteiger partial charge in [0, 0.05) is 29.7 Å². The van der Waals surface area contributed by atoms with Crippen LogP contribution in [0.25, 0.3) is 22.4 Å². The molecule has 0 saturated carbocycles. The molecule has 0 atom stereocenters. The number of hydrogen-bond acceptors (Lipinski definition) is 3. The van der Waals surface area contributed by atoms with Crippen molar-refractivity contribution in [3.8, 4) is 11.4 Å². The Morgan fingerprint density at radius 1 is 1.00 bits per heavy atom. The number of halogens is 1. The van der Waals surface area contributed by atoms with E-state index in [2.05, 4.69) is 59.0 Å². The van der Waals surface area contributed by atoms with Gasteiger partial charge in [0.25, 0.3) is 0 Å². The number of benzene rings is 3. The van der Waals surface area contributed by atoms with Crippen LogP contribution in [0.5, 0.6) is 0 Å². The number of aryl methyl sites for hydroxylation is 3. The Labute approximate surface area is 224 Å². The van der Waals surface area contributed by atoms with Gasteiger partial charge in [0.2, 0.25) is 5.91 Å². The summed E-state index contributed by atoms with van der Waals surface area (Å²) in [5.74, 6) is 1.50. The van der Waals surface area contributed by atoms with E-state index in [0.717, 1.165) is 73.1 Å². The molecule has 1 aromatic heterocycles. The number of imidazole rings is 1. The Morgan fingerprint density at radius 2 is 1.76 bits per heavy atom. The van der Waals surface area contributed by atoms with Gasteiger partial charge in [-0.3, -0.25) is 4.79 Å². The van der Waals surface area contributed by atoms with Crippen LogP contribution in [-0.4, -0.2) is 40.0 Å². The number of rotatable bonds is 7. The van der Waals surface area contributed by atoms with Gasteiger partial charge in [0.05, 0.1) is 11.0 Å². The van der Waals surface area contributed by atoms with Gasteiger partial charge in [-0.1, -0.05) is 35.9 Å². The minimum atomic E-state index is -0.0264. The molecule has 0 unspecified atom stereocenters. The van der Waals surface area contributed by atoms with Crippen LogP contribution in [0.3, 0.4) is 0 Å². The van der Waals surface area contributed by atoms with E-state index < -0.39 is 0 Å². The molecule has 1 saturated heterocycles. The molecule has 1 N–H and O–H groups in total. The van der Waals surface area contributed by atoms with Crippen LogP contribution in [0.2, 0.25) is 5.02 Å². The number of piperidine rings is 1. The molecule has 2 heterocycles. The Kier molecular flexibility index (Phi) is 7.63. The zero-order chi connectivity index (χ0) is 25.9. The highest BCUT2D eigenvalue weighted by atomic mass is 35.5. The minimum Gasteiger partial charge on any atom is -0.326 e. The summed E-state index contributed by atoms with van der Waals surface area (Å²) < 4.78 is 2.37. The second kappa shape index (κ2) is 11.1. The Balaban J connectivity index is 1.25. The first-order valence-electron chi connectivity index (χ1n) is 13.2. The zero-order valence-electron chi connectivity index (χ0n) is 21.9. The molecular weight excluding hydrogens is 480 g/mol. The van der Waals surface area contributed by atoms with Crippen molar-refractivity contribution in [3.05, 3.63) is 82.4 Å². The Morgan fingerprint density at radius 3 is 2.51 bits per heavy atom. The molecule has 6 heteroatoms. The van der Waals surface area contributed by atoms with Crippen LogP contribution >= 0.6 is 11.6 Å². The summed E-state index contributed by atoms with van der Waals surface area (Å²) in [6, 6.07) is 20.8. The molecule has 37 heavy (non-hydrogen) atoms. The lowest BCUT2D eigenvalue weighted by atomic mass is 9.89. The van der Waals surface area contributed by atoms with Crippen LogP contribution in [-0.2, 0) is 11.3 Å². The van der Waals surface area contributed by atoms with Gasteiger partial charge in [0.15, 0.2) is 0 Å². The van der Waals surface area contributed by atoms with Gasteiger partial charge in [-0.25, -0.2) is 4.98 Å². The van der Waals surface area contributed by atoms with E-state index in [0.29, 0.717) is 5.92 Å². The van der Waals surface area contributed by atoms with Crippen LogP contribution in [0.1, 0.15) is 48.8 Å². The number of carbonyl (C=O) groups is 1. The largest absolute Gasteiger partial charge is 0.326 e. The summed E-state index contributed by atoms with van der Waals surface area (Å²) in [5.41, 5.74) is 8.06. The predicted molar refractivity (Wildman–Crippen MR) is 153 cm³/mol. The molecule has 0 aliphatic carbocycles. The van der Waals surface area contributed by atoms with E-state index in [9.17, 15) is 4.79 Å². The summed E-state index contributed by atoms with van der Waals surface area (Å²) in [6.07, 6.45) is 3.35. The summed E-state index contributed by atoms with van der Waals surface area (Å²) in [4.78, 5) is 19.0. The molecule has 1 fully saturated rings. The third-order valence-electron chi connectivity index (χ3n) is 7.57. The third kappa shape index (κ3) is 5.89. The summed E-state index contributed by atoms with van der Waals surface area (Å²) in [6.45, 7) is 10.0. The van der Waals surface area contributed by atoms with Crippen molar-refractivity contribution >= 4 is 34.2 Å². The molecule has 3 aromatic carbocycles. The highest BCUT2D eigenvalue weighted by molar-refractivity contribution is 6.30. The lowest BCUT2D eigenvalue weighted by molar-refractivity contribution is -0.114. The number of hydrogen-bond donors (Lipinski definition) is 1. The van der Waals surface area contributed by atoms with E-state index >= 15 is 0 Å². The van der Waals surface area contributed by atoms with E-state index in [1.165, 1.54) is 22.2 Å². The molecule has 1 aliphatic rings. The molecule has 1 amide bonds. The van der Waals surface area contributed by atoms with Crippen LogP contribution in [0, 0.1) is 13.8 Å². The monoisotopic (exact) mass is 514 g/mol. The maximum atomic E-state index is 11.4. The zero-order valence-corrected chi connectivity index (χ0v) is 22.7. The van der Waals surface area contributed by atoms with Gasteiger partial charge >= 0.3 is 0 Å². The summed E-state index contributed by atoms with van der Waals surface area (Å²) in [7, 11) is 0. The summed E-state index contributed by atoms with van der Waals surface area (Å²) in [5, 5.41) is 3.64. The average molecular weight is 515 g/mol. The lowest BCUT2D eigenvalue weighted by Gasteiger charge is -2.32. The van der Waals surface area contributed by atoms with Crippen molar-refractivity contribution in [1.82, 2.24) is 14.5 Å². The van der Waals surface area contributed by atoms with E-state index in [1.807, 2.05) is 30.3 Å². The van der Waals surface area contributed by atoms with Crippen molar-refractivity contribution in [1.29, 1.82) is 0 Å². The molecule has 192 valence electrons. The normalized spacial score (nSPS) is 14.8. The van der Waals surface area contributed by atoms with Gasteiger partial charge in [0.1, 0.15) is 5.82 Å². The molecule has 0 radical (unpaired) electrons. The molecule has 1 aliphatic heterocycles. The fraction of sp³-hybridized carbons (Fsp3) is 0.355. The Bertz CT molecular complexity index is 1420. The predicted octanol–water partition coefficient (Wildman–Crippen LogP) is 7.20. The number of likely N-dealkylation sites (tertiary alicyclic amines) is 1. The molecule has 5 nitrogen and oxygen atoms in total. The second-order valence-corrected chi connectivity index (χ2v) is 10.7. The number of nitrogens with one attached hydrogen (secondary N) is 1. The number of carbonyl (C=O) groups excluding carboxylic acids is 1. The SMILES string of the molecule is CC(=O)Nc1cccc(C2CCN(CCCn3c(-c4cccc(Cl)c4)nc4cc(C)c(C)cc43)CC2)c1. The molecule has 0 spiro atoms. The van der Waals surface area contributed by atoms with Crippen molar-refractivity contribution < 1.29 is 4.79 Å². The maximum absolute atomic E-state index is 11.4. The van der Waals surface area contributed by atoms with Crippen molar-refractivity contribution in [3.63, 3.8) is 0 Å². The number of amides is 1. The van der Waals surface area contributed by atoms with Gasteiger partial charge < -0.3 is 14.8 Å². The maximum Gasteiger partial charge on any atom is 0.221 e. The molecular formula is C31H35ClN4O.